The number of carbonyl (C=O) groups excluding carboxylic acids is 1. The third-order valence-corrected chi connectivity index (χ3v) is 5.31. The van der Waals surface area contributed by atoms with Crippen molar-refractivity contribution in [3.05, 3.63) is 35.9 Å². The van der Waals surface area contributed by atoms with Gasteiger partial charge in [-0.25, -0.2) is 4.79 Å². The summed E-state index contributed by atoms with van der Waals surface area (Å²) in [4.78, 5) is 18.6. The fraction of sp³-hybridized carbons (Fsp3) is 0.500. The van der Waals surface area contributed by atoms with Crippen LogP contribution >= 0.6 is 15.9 Å². The molecular weight excluding hydrogens is 346 g/mol. The van der Waals surface area contributed by atoms with Crippen molar-refractivity contribution in [3.63, 3.8) is 0 Å². The van der Waals surface area contributed by atoms with Crippen LogP contribution in [-0.2, 0) is 16.1 Å². The molecule has 1 saturated heterocycles. The minimum absolute atomic E-state index is 0.152. The van der Waals surface area contributed by atoms with Crippen molar-refractivity contribution in [1.82, 2.24) is 4.90 Å². The average Bonchev–Trinajstić information content (AvgIpc) is 2.95. The molecule has 0 bridgehead atoms. The molecule has 1 fully saturated rings. The van der Waals surface area contributed by atoms with Gasteiger partial charge in [0.1, 0.15) is 0 Å². The third-order valence-electron chi connectivity index (χ3n) is 4.36. The topological polar surface area (TPSA) is 41.9 Å². The number of benzene rings is 1. The fourth-order valence-electron chi connectivity index (χ4n) is 3.00. The number of ether oxygens (including phenoxy) is 1. The lowest BCUT2D eigenvalue weighted by Gasteiger charge is -2.35. The van der Waals surface area contributed by atoms with Gasteiger partial charge in [-0.15, -0.1) is 0 Å². The van der Waals surface area contributed by atoms with Crippen LogP contribution in [-0.4, -0.2) is 59.6 Å². The largest absolute Gasteiger partial charge is 0.431 e. The van der Waals surface area contributed by atoms with E-state index in [0.717, 1.165) is 0 Å². The summed E-state index contributed by atoms with van der Waals surface area (Å²) in [7, 11) is 6.06. The number of aliphatic imine (C=N–C) groups is 1. The van der Waals surface area contributed by atoms with Gasteiger partial charge in [-0.1, -0.05) is 46.3 Å². The number of hydrogen-bond donors (Lipinski definition) is 0. The Labute approximate surface area is 139 Å². The lowest BCUT2D eigenvalue weighted by molar-refractivity contribution is -0.886. The van der Waals surface area contributed by atoms with Gasteiger partial charge in [0.15, 0.2) is 11.0 Å². The second-order valence-corrected chi connectivity index (χ2v) is 7.68. The molecule has 0 radical (unpaired) electrons. The first-order valence-corrected chi connectivity index (χ1v) is 8.26. The highest BCUT2D eigenvalue weighted by atomic mass is 79.9. The predicted octanol–water partition coefficient (Wildman–Crippen LogP) is 1.97. The number of quaternary nitrogens is 1. The highest BCUT2D eigenvalue weighted by Gasteiger charge is 2.60. The van der Waals surface area contributed by atoms with E-state index >= 15 is 0 Å². The third kappa shape index (κ3) is 2.54. The lowest BCUT2D eigenvalue weighted by atomic mass is 10.0. The summed E-state index contributed by atoms with van der Waals surface area (Å²) in [5.41, 5.74) is 0.447. The van der Waals surface area contributed by atoms with Crippen LogP contribution in [0, 0.1) is 0 Å². The van der Waals surface area contributed by atoms with Crippen LogP contribution < -0.4 is 0 Å². The number of carbonyl (C=O) groups is 1. The fourth-order valence-corrected chi connectivity index (χ4v) is 3.65. The standard InChI is InChI=1S/C16H21BrN3O2/c1-20(2,3)13-9-16(22-14(13)21)15(17)18-11-19(16)10-12-7-5-4-6-8-12/h4-8,11,13,15H,9-10H2,1-3H3/q+1. The summed E-state index contributed by atoms with van der Waals surface area (Å²) in [5, 5.41) is 0. The van der Waals surface area contributed by atoms with Gasteiger partial charge >= 0.3 is 5.97 Å². The van der Waals surface area contributed by atoms with Crippen molar-refractivity contribution in [2.45, 2.75) is 29.7 Å². The molecule has 6 heteroatoms. The van der Waals surface area contributed by atoms with Gasteiger partial charge in [0.2, 0.25) is 5.72 Å². The Hall–Kier alpha value is -1.40. The molecule has 0 saturated carbocycles. The van der Waals surface area contributed by atoms with E-state index in [1.165, 1.54) is 5.56 Å². The van der Waals surface area contributed by atoms with Gasteiger partial charge < -0.3 is 14.1 Å². The first kappa shape index (κ1) is 15.5. The summed E-state index contributed by atoms with van der Waals surface area (Å²) in [5.74, 6) is -0.152. The van der Waals surface area contributed by atoms with Crippen LogP contribution in [0.15, 0.2) is 35.3 Å². The van der Waals surface area contributed by atoms with Crippen LogP contribution in [0.3, 0.4) is 0 Å². The Morgan fingerprint density at radius 2 is 2.05 bits per heavy atom. The summed E-state index contributed by atoms with van der Waals surface area (Å²) in [6, 6.07) is 9.97. The van der Waals surface area contributed by atoms with E-state index in [2.05, 4.69) is 33.1 Å². The molecule has 3 unspecified atom stereocenters. The van der Waals surface area contributed by atoms with E-state index < -0.39 is 5.72 Å². The zero-order valence-corrected chi connectivity index (χ0v) is 14.7. The van der Waals surface area contributed by atoms with E-state index in [1.54, 1.807) is 6.34 Å². The van der Waals surface area contributed by atoms with Gasteiger partial charge in [-0.2, -0.15) is 0 Å². The van der Waals surface area contributed by atoms with E-state index in [4.69, 9.17) is 4.74 Å². The summed E-state index contributed by atoms with van der Waals surface area (Å²) >= 11 is 3.57. The number of hydrogen-bond acceptors (Lipinski definition) is 4. The molecule has 0 amide bonds. The molecule has 5 nitrogen and oxygen atoms in total. The SMILES string of the molecule is C[N+](C)(C)C1CC2(OC1=O)C(Br)N=CN2Cc1ccccc1. The maximum atomic E-state index is 12.4. The zero-order valence-electron chi connectivity index (χ0n) is 13.1. The predicted molar refractivity (Wildman–Crippen MR) is 88.5 cm³/mol. The van der Waals surface area contributed by atoms with Crippen molar-refractivity contribution in [2.24, 2.45) is 4.99 Å². The van der Waals surface area contributed by atoms with Crippen molar-refractivity contribution in [3.8, 4) is 0 Å². The number of rotatable bonds is 3. The minimum atomic E-state index is -0.719. The number of halogens is 1. The molecule has 3 rings (SSSR count). The molecule has 0 aromatic heterocycles. The average molecular weight is 367 g/mol. The van der Waals surface area contributed by atoms with Gasteiger partial charge in [-0.05, 0) is 5.56 Å². The van der Waals surface area contributed by atoms with E-state index in [1.807, 2.05) is 44.2 Å². The molecule has 118 valence electrons. The van der Waals surface area contributed by atoms with Crippen molar-refractivity contribution in [1.29, 1.82) is 0 Å². The Morgan fingerprint density at radius 3 is 2.64 bits per heavy atom. The molecule has 1 spiro atoms. The maximum absolute atomic E-state index is 12.4. The Kier molecular flexibility index (Phi) is 3.77. The van der Waals surface area contributed by atoms with Gasteiger partial charge in [0, 0.05) is 6.54 Å². The summed E-state index contributed by atoms with van der Waals surface area (Å²) in [6.07, 6.45) is 2.41. The molecule has 2 aliphatic heterocycles. The number of nitrogens with zero attached hydrogens (tertiary/aromatic N) is 3. The van der Waals surface area contributed by atoms with Crippen LogP contribution in [0.1, 0.15) is 12.0 Å². The van der Waals surface area contributed by atoms with Crippen LogP contribution in [0.25, 0.3) is 0 Å². The molecule has 2 heterocycles. The maximum Gasteiger partial charge on any atom is 0.367 e. The second-order valence-electron chi connectivity index (χ2n) is 6.82. The first-order valence-electron chi connectivity index (χ1n) is 7.35. The van der Waals surface area contributed by atoms with Gasteiger partial charge in [0.25, 0.3) is 0 Å². The first-order chi connectivity index (χ1) is 10.3. The number of esters is 1. The number of likely N-dealkylation sites (N-methyl/N-ethyl adjacent to an activating group) is 1. The summed E-state index contributed by atoms with van der Waals surface area (Å²) < 4.78 is 6.40. The Bertz CT molecular complexity index is 599. The number of alkyl halides is 1. The quantitative estimate of drug-likeness (QED) is 0.355. The lowest BCUT2D eigenvalue weighted by Crippen LogP contribution is -2.51. The molecule has 0 aliphatic carbocycles. The minimum Gasteiger partial charge on any atom is -0.431 e. The van der Waals surface area contributed by atoms with Crippen molar-refractivity contribution < 1.29 is 14.0 Å². The van der Waals surface area contributed by atoms with Crippen molar-refractivity contribution in [2.75, 3.05) is 21.1 Å². The molecule has 22 heavy (non-hydrogen) atoms. The normalized spacial score (nSPS) is 31.1. The molecular formula is C16H21BrN3O2+. The molecule has 3 atom stereocenters. The van der Waals surface area contributed by atoms with Crippen LogP contribution in [0.4, 0.5) is 0 Å². The van der Waals surface area contributed by atoms with E-state index in [9.17, 15) is 4.79 Å². The van der Waals surface area contributed by atoms with Gasteiger partial charge in [0.05, 0.1) is 33.9 Å². The van der Waals surface area contributed by atoms with Gasteiger partial charge in [-0.3, -0.25) is 4.99 Å². The van der Waals surface area contributed by atoms with E-state index in [-0.39, 0.29) is 17.0 Å². The van der Waals surface area contributed by atoms with Crippen LogP contribution in [0.5, 0.6) is 0 Å². The smallest absolute Gasteiger partial charge is 0.367 e. The molecule has 1 aromatic carbocycles. The molecule has 2 aliphatic rings. The highest BCUT2D eigenvalue weighted by molar-refractivity contribution is 9.09. The zero-order chi connectivity index (χ0) is 16.0. The monoisotopic (exact) mass is 366 g/mol. The molecule has 0 N–H and O–H groups in total. The van der Waals surface area contributed by atoms with E-state index in [0.29, 0.717) is 17.4 Å². The van der Waals surface area contributed by atoms with Crippen molar-refractivity contribution >= 4 is 28.2 Å². The van der Waals surface area contributed by atoms with Crippen LogP contribution in [0.2, 0.25) is 0 Å². The highest BCUT2D eigenvalue weighted by Crippen LogP contribution is 2.43. The molecule has 1 aromatic rings. The Morgan fingerprint density at radius 1 is 1.36 bits per heavy atom. The summed E-state index contributed by atoms with van der Waals surface area (Å²) in [6.45, 7) is 0.670. The Balaban J connectivity index is 1.86. The second kappa shape index (κ2) is 5.35.